The van der Waals surface area contributed by atoms with Gasteiger partial charge in [0.1, 0.15) is 17.4 Å². The van der Waals surface area contributed by atoms with E-state index in [2.05, 4.69) is 20.6 Å². The van der Waals surface area contributed by atoms with Crippen molar-refractivity contribution < 1.29 is 13.2 Å². The quantitative estimate of drug-likeness (QED) is 0.646. The summed E-state index contributed by atoms with van der Waals surface area (Å²) in [4.78, 5) is 10.4. The Kier molecular flexibility index (Phi) is 5.39. The van der Waals surface area contributed by atoms with Crippen molar-refractivity contribution in [3.63, 3.8) is 0 Å². The van der Waals surface area contributed by atoms with Gasteiger partial charge < -0.3 is 20.0 Å². The van der Waals surface area contributed by atoms with Crippen LogP contribution in [0.2, 0.25) is 0 Å². The molecule has 1 fully saturated rings. The highest BCUT2D eigenvalue weighted by atomic mass is 19.1. The molecule has 0 spiro atoms. The molecule has 3 rings (SSSR count). The van der Waals surface area contributed by atoms with Crippen molar-refractivity contribution in [3.05, 3.63) is 47.2 Å². The van der Waals surface area contributed by atoms with Gasteiger partial charge in [-0.1, -0.05) is 0 Å². The normalized spacial score (nSPS) is 17.7. The lowest BCUT2D eigenvalue weighted by Gasteiger charge is -2.20. The van der Waals surface area contributed by atoms with E-state index in [9.17, 15) is 8.78 Å². The minimum Gasteiger partial charge on any atom is -0.444 e. The largest absolute Gasteiger partial charge is 0.444 e. The second-order valence-corrected chi connectivity index (χ2v) is 6.35. The molecule has 2 aromatic rings. The first-order valence-electron chi connectivity index (χ1n) is 8.56. The molecular formula is C18H23F2N5O. The van der Waals surface area contributed by atoms with Gasteiger partial charge in [-0.2, -0.15) is 0 Å². The van der Waals surface area contributed by atoms with Gasteiger partial charge in [-0.05, 0) is 32.4 Å². The molecule has 26 heavy (non-hydrogen) atoms. The maximum absolute atomic E-state index is 13.9. The van der Waals surface area contributed by atoms with Crippen molar-refractivity contribution in [1.29, 1.82) is 0 Å². The van der Waals surface area contributed by atoms with Gasteiger partial charge in [-0.3, -0.25) is 4.99 Å². The van der Waals surface area contributed by atoms with Crippen LogP contribution >= 0.6 is 0 Å². The summed E-state index contributed by atoms with van der Waals surface area (Å²) in [6, 6.07) is 3.78. The maximum Gasteiger partial charge on any atom is 0.214 e. The third-order valence-electron chi connectivity index (χ3n) is 4.48. The van der Waals surface area contributed by atoms with Gasteiger partial charge in [0, 0.05) is 32.2 Å². The van der Waals surface area contributed by atoms with Crippen molar-refractivity contribution in [2.75, 3.05) is 25.0 Å². The third kappa shape index (κ3) is 4.12. The lowest BCUT2D eigenvalue weighted by Crippen LogP contribution is -2.44. The summed E-state index contributed by atoms with van der Waals surface area (Å²) in [6.45, 7) is 5.50. The van der Waals surface area contributed by atoms with Crippen LogP contribution in [0.5, 0.6) is 0 Å². The van der Waals surface area contributed by atoms with Crippen LogP contribution in [0.3, 0.4) is 0 Å². The van der Waals surface area contributed by atoms with Gasteiger partial charge in [-0.25, -0.2) is 13.8 Å². The number of oxazole rings is 1. The Balaban J connectivity index is 1.54. The zero-order valence-corrected chi connectivity index (χ0v) is 15.1. The predicted molar refractivity (Wildman–Crippen MR) is 96.3 cm³/mol. The molecular weight excluding hydrogens is 340 g/mol. The molecule has 1 aromatic carbocycles. The van der Waals surface area contributed by atoms with E-state index in [1.54, 1.807) is 7.05 Å². The molecule has 2 N–H and O–H groups in total. The number of nitrogens with one attached hydrogen (secondary N) is 2. The van der Waals surface area contributed by atoms with Crippen LogP contribution in [0, 0.1) is 25.5 Å². The predicted octanol–water partition coefficient (Wildman–Crippen LogP) is 2.51. The Bertz CT molecular complexity index is 785. The van der Waals surface area contributed by atoms with Crippen molar-refractivity contribution >= 4 is 11.6 Å². The lowest BCUT2D eigenvalue weighted by atomic mass is 10.2. The zero-order chi connectivity index (χ0) is 18.7. The van der Waals surface area contributed by atoms with Crippen molar-refractivity contribution in [3.8, 4) is 0 Å². The second-order valence-electron chi connectivity index (χ2n) is 6.35. The van der Waals surface area contributed by atoms with Crippen LogP contribution in [0.1, 0.15) is 23.8 Å². The fourth-order valence-electron chi connectivity index (χ4n) is 3.00. The minimum atomic E-state index is -0.568. The molecule has 2 heterocycles. The number of halogens is 2. The number of nitrogens with zero attached hydrogens (tertiary/aromatic N) is 3. The zero-order valence-electron chi connectivity index (χ0n) is 15.1. The van der Waals surface area contributed by atoms with Crippen LogP contribution in [-0.2, 0) is 6.54 Å². The van der Waals surface area contributed by atoms with Crippen molar-refractivity contribution in [2.45, 2.75) is 32.9 Å². The fraction of sp³-hybridized carbons (Fsp3) is 0.444. The van der Waals surface area contributed by atoms with Crippen molar-refractivity contribution in [1.82, 2.24) is 15.6 Å². The summed E-state index contributed by atoms with van der Waals surface area (Å²) in [5, 5.41) is 6.49. The molecule has 140 valence electrons. The van der Waals surface area contributed by atoms with E-state index in [0.29, 0.717) is 37.2 Å². The fourth-order valence-corrected chi connectivity index (χ4v) is 3.00. The average Bonchev–Trinajstić information content (AvgIpc) is 3.18. The second kappa shape index (κ2) is 7.72. The molecule has 6 nitrogen and oxygen atoms in total. The van der Waals surface area contributed by atoms with Gasteiger partial charge in [0.05, 0.1) is 17.9 Å². The summed E-state index contributed by atoms with van der Waals surface area (Å²) in [5.74, 6) is 0.927. The van der Waals surface area contributed by atoms with E-state index in [0.717, 1.165) is 23.9 Å². The number of anilines is 1. The van der Waals surface area contributed by atoms with Gasteiger partial charge in [0.2, 0.25) is 5.89 Å². The van der Waals surface area contributed by atoms with Gasteiger partial charge in [-0.15, -0.1) is 0 Å². The van der Waals surface area contributed by atoms with Crippen LogP contribution in [0.15, 0.2) is 27.6 Å². The van der Waals surface area contributed by atoms with Crippen LogP contribution in [0.4, 0.5) is 14.5 Å². The number of aromatic nitrogens is 1. The molecule has 0 amide bonds. The molecule has 0 bridgehead atoms. The molecule has 1 unspecified atom stereocenters. The monoisotopic (exact) mass is 363 g/mol. The van der Waals surface area contributed by atoms with Crippen LogP contribution in [-0.4, -0.2) is 37.1 Å². The standard InChI is InChI=1S/C18H23F2N5O/c1-11-12(2)26-17(23-11)9-22-18(21-3)24-14-6-7-25(10-14)16-5-4-13(19)8-15(16)20/h4-5,8,14H,6-7,9-10H2,1-3H3,(H2,21,22,24). The molecule has 8 heteroatoms. The van der Waals surface area contributed by atoms with E-state index in [1.807, 2.05) is 18.7 Å². The third-order valence-corrected chi connectivity index (χ3v) is 4.48. The van der Waals surface area contributed by atoms with E-state index in [1.165, 1.54) is 12.1 Å². The van der Waals surface area contributed by atoms with E-state index in [4.69, 9.17) is 4.42 Å². The first-order chi connectivity index (χ1) is 12.5. The van der Waals surface area contributed by atoms with E-state index in [-0.39, 0.29) is 6.04 Å². The lowest BCUT2D eigenvalue weighted by molar-refractivity contribution is 0.463. The molecule has 0 aliphatic carbocycles. The number of rotatable bonds is 4. The summed E-state index contributed by atoms with van der Waals surface area (Å²) in [5.41, 5.74) is 1.29. The van der Waals surface area contributed by atoms with Crippen LogP contribution < -0.4 is 15.5 Å². The Morgan fingerprint density at radius 3 is 2.85 bits per heavy atom. The Morgan fingerprint density at radius 2 is 2.19 bits per heavy atom. The Hall–Kier alpha value is -2.64. The first-order valence-corrected chi connectivity index (χ1v) is 8.56. The van der Waals surface area contributed by atoms with E-state index >= 15 is 0 Å². The molecule has 1 aromatic heterocycles. The molecule has 1 aliphatic heterocycles. The van der Waals surface area contributed by atoms with Crippen molar-refractivity contribution in [2.24, 2.45) is 4.99 Å². The summed E-state index contributed by atoms with van der Waals surface area (Å²) < 4.78 is 32.6. The number of guanidine groups is 1. The topological polar surface area (TPSA) is 65.7 Å². The molecule has 1 saturated heterocycles. The number of hydrogen-bond acceptors (Lipinski definition) is 4. The molecule has 0 radical (unpaired) electrons. The maximum atomic E-state index is 13.9. The SMILES string of the molecule is CN=C(NCc1nc(C)c(C)o1)NC1CCN(c2ccc(F)cc2F)C1. The molecule has 1 atom stereocenters. The smallest absolute Gasteiger partial charge is 0.214 e. The highest BCUT2D eigenvalue weighted by Gasteiger charge is 2.25. The molecule has 0 saturated carbocycles. The van der Waals surface area contributed by atoms with E-state index < -0.39 is 11.6 Å². The Morgan fingerprint density at radius 1 is 1.38 bits per heavy atom. The first kappa shape index (κ1) is 18.2. The highest BCUT2D eigenvalue weighted by Crippen LogP contribution is 2.24. The number of aliphatic imine (C=N–C) groups is 1. The highest BCUT2D eigenvalue weighted by molar-refractivity contribution is 5.80. The summed E-state index contributed by atoms with van der Waals surface area (Å²) >= 11 is 0. The Labute approximate surface area is 151 Å². The summed E-state index contributed by atoms with van der Waals surface area (Å²) in [6.07, 6.45) is 0.828. The van der Waals surface area contributed by atoms with Crippen LogP contribution in [0.25, 0.3) is 0 Å². The van der Waals surface area contributed by atoms with Gasteiger partial charge >= 0.3 is 0 Å². The molecule has 1 aliphatic rings. The van der Waals surface area contributed by atoms with Gasteiger partial charge in [0.15, 0.2) is 5.96 Å². The number of hydrogen-bond donors (Lipinski definition) is 2. The number of benzene rings is 1. The summed E-state index contributed by atoms with van der Waals surface area (Å²) in [7, 11) is 1.69. The average molecular weight is 363 g/mol. The number of aryl methyl sites for hydroxylation is 2. The van der Waals surface area contributed by atoms with Gasteiger partial charge in [0.25, 0.3) is 0 Å². The minimum absolute atomic E-state index is 0.110.